The average molecular weight is 390 g/mol. The smallest absolute Gasteiger partial charge is 0.255 e. The Labute approximate surface area is 168 Å². The summed E-state index contributed by atoms with van der Waals surface area (Å²) in [5.74, 6) is -0.358. The van der Waals surface area contributed by atoms with Gasteiger partial charge in [0.1, 0.15) is 0 Å². The van der Waals surface area contributed by atoms with Crippen LogP contribution in [-0.2, 0) is 4.74 Å². The van der Waals surface area contributed by atoms with E-state index in [1.165, 1.54) is 6.92 Å². The lowest BCUT2D eigenvalue weighted by molar-refractivity contribution is 0.101. The molecule has 2 aromatic carbocycles. The maximum absolute atomic E-state index is 12.7. The van der Waals surface area contributed by atoms with E-state index in [-0.39, 0.29) is 11.7 Å². The van der Waals surface area contributed by atoms with Gasteiger partial charge in [0.05, 0.1) is 24.6 Å². The highest BCUT2D eigenvalue weighted by Gasteiger charge is 2.17. The topological polar surface area (TPSA) is 76.5 Å². The van der Waals surface area contributed by atoms with E-state index in [2.05, 4.69) is 15.3 Å². The van der Waals surface area contributed by atoms with Gasteiger partial charge in [0.25, 0.3) is 5.91 Å². The molecule has 1 aliphatic heterocycles. The van der Waals surface area contributed by atoms with E-state index in [4.69, 9.17) is 4.74 Å². The molecule has 1 aromatic heterocycles. The lowest BCUT2D eigenvalue weighted by Gasteiger charge is -2.29. The molecule has 2 heterocycles. The minimum atomic E-state index is -0.265. The van der Waals surface area contributed by atoms with Gasteiger partial charge in [0.15, 0.2) is 5.78 Å². The van der Waals surface area contributed by atoms with Gasteiger partial charge in [-0.3, -0.25) is 9.59 Å². The largest absolute Gasteiger partial charge is 0.378 e. The van der Waals surface area contributed by atoms with E-state index in [1.807, 2.05) is 36.5 Å². The molecule has 1 saturated heterocycles. The molecule has 7 nitrogen and oxygen atoms in total. The molecule has 0 bridgehead atoms. The number of hydrogen-bond acceptors (Lipinski definition) is 5. The molecule has 0 saturated carbocycles. The number of ether oxygens (including phenoxy) is 1. The Bertz CT molecular complexity index is 1010. The molecular weight excluding hydrogens is 368 g/mol. The summed E-state index contributed by atoms with van der Waals surface area (Å²) in [5, 5.41) is 7.04. The lowest BCUT2D eigenvalue weighted by atomic mass is 10.1. The third-order valence-electron chi connectivity index (χ3n) is 4.91. The van der Waals surface area contributed by atoms with Gasteiger partial charge >= 0.3 is 0 Å². The van der Waals surface area contributed by atoms with Crippen LogP contribution >= 0.6 is 0 Å². The number of benzene rings is 2. The van der Waals surface area contributed by atoms with Crippen LogP contribution in [0.25, 0.3) is 5.69 Å². The number of aromatic nitrogens is 2. The van der Waals surface area contributed by atoms with Gasteiger partial charge in [-0.2, -0.15) is 5.10 Å². The molecule has 1 aliphatic rings. The molecule has 7 heteroatoms. The van der Waals surface area contributed by atoms with Gasteiger partial charge in [0.2, 0.25) is 0 Å². The summed E-state index contributed by atoms with van der Waals surface area (Å²) in [6.07, 6.45) is 3.54. The first-order valence-corrected chi connectivity index (χ1v) is 9.51. The van der Waals surface area contributed by atoms with Crippen LogP contribution in [0.5, 0.6) is 0 Å². The summed E-state index contributed by atoms with van der Waals surface area (Å²) >= 11 is 0. The highest BCUT2D eigenvalue weighted by molar-refractivity contribution is 6.09. The standard InChI is InChI=1S/C22H22N4O3/c1-16(27)20-15-19(25-11-13-29-14-12-25)7-8-21(20)24-22(28)17-3-5-18(6-4-17)26-10-2-9-23-26/h2-10,15H,11-14H2,1H3,(H,24,28). The van der Waals surface area contributed by atoms with Crippen LogP contribution in [0.1, 0.15) is 27.6 Å². The Morgan fingerprint density at radius 3 is 2.41 bits per heavy atom. The number of carbonyl (C=O) groups is 2. The molecule has 3 aromatic rings. The molecule has 0 aliphatic carbocycles. The Morgan fingerprint density at radius 1 is 1.03 bits per heavy atom. The Balaban J connectivity index is 1.53. The van der Waals surface area contributed by atoms with Gasteiger partial charge < -0.3 is 15.0 Å². The van der Waals surface area contributed by atoms with E-state index >= 15 is 0 Å². The molecule has 0 atom stereocenters. The molecule has 1 fully saturated rings. The number of Topliss-reactive ketones (excluding diaryl/α,β-unsaturated/α-hetero) is 1. The van der Waals surface area contributed by atoms with E-state index in [0.29, 0.717) is 30.0 Å². The van der Waals surface area contributed by atoms with Crippen molar-refractivity contribution in [3.8, 4) is 5.69 Å². The number of nitrogens with one attached hydrogen (secondary N) is 1. The molecule has 0 radical (unpaired) electrons. The van der Waals surface area contributed by atoms with E-state index < -0.39 is 0 Å². The van der Waals surface area contributed by atoms with Crippen LogP contribution in [-0.4, -0.2) is 47.8 Å². The first-order valence-electron chi connectivity index (χ1n) is 9.51. The zero-order chi connectivity index (χ0) is 20.2. The zero-order valence-corrected chi connectivity index (χ0v) is 16.2. The second-order valence-electron chi connectivity index (χ2n) is 6.84. The van der Waals surface area contributed by atoms with E-state index in [1.54, 1.807) is 29.1 Å². The highest BCUT2D eigenvalue weighted by atomic mass is 16.5. The number of anilines is 2. The second kappa shape index (κ2) is 8.28. The lowest BCUT2D eigenvalue weighted by Crippen LogP contribution is -2.36. The minimum absolute atomic E-state index is 0.0931. The van der Waals surface area contributed by atoms with Crippen LogP contribution < -0.4 is 10.2 Å². The Kier molecular flexibility index (Phi) is 5.39. The number of hydrogen-bond donors (Lipinski definition) is 1. The van der Waals surface area contributed by atoms with Crippen molar-refractivity contribution in [1.29, 1.82) is 0 Å². The first kappa shape index (κ1) is 18.9. The van der Waals surface area contributed by atoms with Crippen LogP contribution in [0, 0.1) is 0 Å². The van der Waals surface area contributed by atoms with Crippen LogP contribution in [0.15, 0.2) is 60.9 Å². The van der Waals surface area contributed by atoms with Crippen molar-refractivity contribution in [3.63, 3.8) is 0 Å². The number of morpholine rings is 1. The summed E-state index contributed by atoms with van der Waals surface area (Å²) in [7, 11) is 0. The predicted octanol–water partition coefficient (Wildman–Crippen LogP) is 3.16. The molecule has 1 amide bonds. The summed E-state index contributed by atoms with van der Waals surface area (Å²) < 4.78 is 7.11. The minimum Gasteiger partial charge on any atom is -0.378 e. The fraction of sp³-hybridized carbons (Fsp3) is 0.227. The number of nitrogens with zero attached hydrogens (tertiary/aromatic N) is 3. The van der Waals surface area contributed by atoms with Gasteiger partial charge in [-0.05, 0) is 55.5 Å². The normalized spacial score (nSPS) is 13.9. The monoisotopic (exact) mass is 390 g/mol. The van der Waals surface area contributed by atoms with Crippen LogP contribution in [0.2, 0.25) is 0 Å². The van der Waals surface area contributed by atoms with Crippen LogP contribution in [0.4, 0.5) is 11.4 Å². The highest BCUT2D eigenvalue weighted by Crippen LogP contribution is 2.25. The average Bonchev–Trinajstić information content (AvgIpc) is 3.29. The SMILES string of the molecule is CC(=O)c1cc(N2CCOCC2)ccc1NC(=O)c1ccc(-n2cccn2)cc1. The fourth-order valence-electron chi connectivity index (χ4n) is 3.33. The maximum atomic E-state index is 12.7. The first-order chi connectivity index (χ1) is 14.1. The van der Waals surface area contributed by atoms with E-state index in [9.17, 15) is 9.59 Å². The molecule has 0 unspecified atom stereocenters. The summed E-state index contributed by atoms with van der Waals surface area (Å²) in [5.41, 5.74) is 3.34. The molecule has 29 heavy (non-hydrogen) atoms. The van der Waals surface area contributed by atoms with E-state index in [0.717, 1.165) is 24.5 Å². The van der Waals surface area contributed by atoms with Crippen molar-refractivity contribution < 1.29 is 14.3 Å². The fourth-order valence-corrected chi connectivity index (χ4v) is 3.33. The maximum Gasteiger partial charge on any atom is 0.255 e. The van der Waals surface area contributed by atoms with Crippen LogP contribution in [0.3, 0.4) is 0 Å². The van der Waals surface area contributed by atoms with Crippen molar-refractivity contribution >= 4 is 23.1 Å². The summed E-state index contributed by atoms with van der Waals surface area (Å²) in [6.45, 7) is 4.41. The molecule has 0 spiro atoms. The summed E-state index contributed by atoms with van der Waals surface area (Å²) in [4.78, 5) is 27.1. The zero-order valence-electron chi connectivity index (χ0n) is 16.2. The van der Waals surface area contributed by atoms with Crippen molar-refractivity contribution in [2.24, 2.45) is 0 Å². The third-order valence-corrected chi connectivity index (χ3v) is 4.91. The summed E-state index contributed by atoms with van der Waals surface area (Å²) in [6, 6.07) is 14.5. The third kappa shape index (κ3) is 4.20. The quantitative estimate of drug-likeness (QED) is 0.677. The number of rotatable bonds is 5. The molecule has 4 rings (SSSR count). The van der Waals surface area contributed by atoms with Gasteiger partial charge in [-0.15, -0.1) is 0 Å². The van der Waals surface area contributed by atoms with Gasteiger partial charge in [-0.25, -0.2) is 4.68 Å². The van der Waals surface area contributed by atoms with Crippen molar-refractivity contribution in [2.45, 2.75) is 6.92 Å². The molecule has 1 N–H and O–H groups in total. The number of carbonyl (C=O) groups excluding carboxylic acids is 2. The number of amides is 1. The van der Waals surface area contributed by atoms with Gasteiger partial charge in [0, 0.05) is 42.3 Å². The molecular formula is C22H22N4O3. The van der Waals surface area contributed by atoms with Crippen molar-refractivity contribution in [1.82, 2.24) is 9.78 Å². The van der Waals surface area contributed by atoms with Crippen molar-refractivity contribution in [2.75, 3.05) is 36.5 Å². The van der Waals surface area contributed by atoms with Gasteiger partial charge in [-0.1, -0.05) is 0 Å². The second-order valence-corrected chi connectivity index (χ2v) is 6.84. The number of ketones is 1. The Morgan fingerprint density at radius 2 is 1.76 bits per heavy atom. The Hall–Kier alpha value is -3.45. The predicted molar refractivity (Wildman–Crippen MR) is 111 cm³/mol. The molecule has 148 valence electrons. The van der Waals surface area contributed by atoms with Crippen molar-refractivity contribution in [3.05, 3.63) is 72.1 Å².